The molecule has 3 heterocycles. The Morgan fingerprint density at radius 2 is 1.86 bits per heavy atom. The van der Waals surface area contributed by atoms with Gasteiger partial charge in [0.1, 0.15) is 17.4 Å². The Hall–Kier alpha value is -3.47. The van der Waals surface area contributed by atoms with Crippen LogP contribution in [0.3, 0.4) is 0 Å². The Kier molecular flexibility index (Phi) is 7.27. The van der Waals surface area contributed by atoms with Gasteiger partial charge in [-0.1, -0.05) is 55.8 Å². The Morgan fingerprint density at radius 3 is 2.60 bits per heavy atom. The number of fused-ring (bicyclic) bond motifs is 3. The summed E-state index contributed by atoms with van der Waals surface area (Å²) in [5.41, 5.74) is 2.50. The number of anilines is 4. The number of urea groups is 1. The molecule has 1 saturated heterocycles. The number of likely N-dealkylation sites (tertiary alicyclic amines) is 1. The Balaban J connectivity index is 1.30. The maximum absolute atomic E-state index is 14.9. The number of thiazole rings is 1. The molecule has 0 atom stereocenters. The van der Waals surface area contributed by atoms with Crippen LogP contribution in [-0.2, 0) is 5.41 Å². The van der Waals surface area contributed by atoms with Crippen molar-refractivity contribution >= 4 is 61.4 Å². The number of benzene rings is 3. The van der Waals surface area contributed by atoms with Gasteiger partial charge < -0.3 is 20.2 Å². The van der Waals surface area contributed by atoms with Gasteiger partial charge in [-0.15, -0.1) is 0 Å². The summed E-state index contributed by atoms with van der Waals surface area (Å²) in [6.45, 7) is 9.72. The smallest absolute Gasteiger partial charge is 0.325 e. The van der Waals surface area contributed by atoms with E-state index in [2.05, 4.69) is 41.3 Å². The van der Waals surface area contributed by atoms with Crippen molar-refractivity contribution in [3.63, 3.8) is 0 Å². The van der Waals surface area contributed by atoms with Crippen LogP contribution in [0.2, 0.25) is 5.02 Å². The molecule has 42 heavy (non-hydrogen) atoms. The summed E-state index contributed by atoms with van der Waals surface area (Å²) in [5, 5.41) is 17.1. The molecule has 0 unspecified atom stereocenters. The lowest BCUT2D eigenvalue weighted by atomic mass is 9.73. The molecular weight excluding hydrogens is 580 g/mol. The van der Waals surface area contributed by atoms with E-state index in [0.29, 0.717) is 44.5 Å². The lowest BCUT2D eigenvalue weighted by molar-refractivity contribution is 0.125. The topological polar surface area (TPSA) is 80.7 Å². The maximum atomic E-state index is 14.9. The molecule has 2 amide bonds. The van der Waals surface area contributed by atoms with E-state index < -0.39 is 17.3 Å². The van der Waals surface area contributed by atoms with E-state index in [1.165, 1.54) is 23.5 Å². The summed E-state index contributed by atoms with van der Waals surface area (Å²) in [6, 6.07) is 12.1. The normalized spacial score (nSPS) is 16.7. The zero-order valence-corrected chi connectivity index (χ0v) is 25.2. The number of phenolic OH excluding ortho intramolecular Hbond substituents is 1. The number of aromatic nitrogens is 1. The van der Waals surface area contributed by atoms with Gasteiger partial charge in [0.05, 0.1) is 32.3 Å². The zero-order valence-electron chi connectivity index (χ0n) is 23.6. The SMILES string of the molecule is CC(C)(C)CN1CCC2(CC1)CN(c1ccccc1NC(=O)Nc1nc3ccc(F)cc3s1)c1c(O)cc(F)c(Cl)c12. The quantitative estimate of drug-likeness (QED) is 0.217. The number of halogens is 3. The van der Waals surface area contributed by atoms with E-state index in [4.69, 9.17) is 11.6 Å². The lowest BCUT2D eigenvalue weighted by Crippen LogP contribution is -2.47. The van der Waals surface area contributed by atoms with E-state index >= 15 is 0 Å². The largest absolute Gasteiger partial charge is 0.506 e. The van der Waals surface area contributed by atoms with Crippen molar-refractivity contribution in [3.8, 4) is 5.75 Å². The summed E-state index contributed by atoms with van der Waals surface area (Å²) in [4.78, 5) is 21.8. The van der Waals surface area contributed by atoms with Gasteiger partial charge in [-0.05, 0) is 61.7 Å². The van der Waals surface area contributed by atoms with E-state index in [0.717, 1.165) is 38.5 Å². The molecule has 4 aromatic rings. The van der Waals surface area contributed by atoms with Crippen molar-refractivity contribution in [1.82, 2.24) is 9.88 Å². The van der Waals surface area contributed by atoms with Crippen molar-refractivity contribution < 1.29 is 18.7 Å². The maximum Gasteiger partial charge on any atom is 0.325 e. The first kappa shape index (κ1) is 28.6. The summed E-state index contributed by atoms with van der Waals surface area (Å²) in [7, 11) is 0. The molecule has 0 radical (unpaired) electrons. The van der Waals surface area contributed by atoms with Gasteiger partial charge in [0.15, 0.2) is 5.13 Å². The van der Waals surface area contributed by atoms with Crippen molar-refractivity contribution in [3.05, 3.63) is 70.8 Å². The minimum absolute atomic E-state index is 0.0324. The second-order valence-electron chi connectivity index (χ2n) is 12.3. The van der Waals surface area contributed by atoms with Crippen molar-refractivity contribution in [2.45, 2.75) is 39.0 Å². The molecule has 2 aliphatic rings. The minimum atomic E-state index is -0.646. The molecule has 1 fully saturated rings. The number of phenols is 1. The monoisotopic (exact) mass is 611 g/mol. The number of amides is 2. The van der Waals surface area contributed by atoms with Crippen LogP contribution in [0.1, 0.15) is 39.2 Å². The number of nitrogens with zero attached hydrogens (tertiary/aromatic N) is 3. The average molecular weight is 612 g/mol. The fourth-order valence-corrected chi connectivity index (χ4v) is 7.49. The molecular formula is C31H32ClF2N5O2S. The number of piperidine rings is 1. The molecule has 3 aromatic carbocycles. The minimum Gasteiger partial charge on any atom is -0.506 e. The zero-order chi connectivity index (χ0) is 29.8. The number of para-hydroxylation sites is 2. The number of nitrogens with one attached hydrogen (secondary N) is 2. The van der Waals surface area contributed by atoms with Gasteiger partial charge in [0.25, 0.3) is 0 Å². The molecule has 1 aromatic heterocycles. The van der Waals surface area contributed by atoms with Crippen LogP contribution in [0.4, 0.5) is 35.8 Å². The van der Waals surface area contributed by atoms with Crippen molar-refractivity contribution in [1.29, 1.82) is 0 Å². The first-order chi connectivity index (χ1) is 19.9. The number of hydrogen-bond acceptors (Lipinski definition) is 6. The van der Waals surface area contributed by atoms with Gasteiger partial charge in [-0.3, -0.25) is 5.32 Å². The molecule has 6 rings (SSSR count). The van der Waals surface area contributed by atoms with Crippen molar-refractivity contribution in [2.75, 3.05) is 41.7 Å². The third-order valence-electron chi connectivity index (χ3n) is 7.96. The highest BCUT2D eigenvalue weighted by Gasteiger charge is 2.49. The fourth-order valence-electron chi connectivity index (χ4n) is 6.26. The van der Waals surface area contributed by atoms with E-state index in [-0.39, 0.29) is 22.0 Å². The number of aromatic hydroxyl groups is 1. The Bertz CT molecular complexity index is 1680. The van der Waals surface area contributed by atoms with Gasteiger partial charge >= 0.3 is 6.03 Å². The standard InChI is InChI=1S/C31H32ClF2N5O2S/c1-30(2,3)16-38-12-10-31(11-13-38)17-39(27-23(40)15-19(34)26(32)25(27)31)22-7-5-4-6-20(22)35-28(41)37-29-36-21-9-8-18(33)14-24(21)42-29/h4-9,14-15,40H,10-13,16-17H2,1-3H3,(H2,35,36,37,41). The van der Waals surface area contributed by atoms with Gasteiger partial charge in [-0.2, -0.15) is 0 Å². The number of carbonyl (C=O) groups is 1. The van der Waals surface area contributed by atoms with Crippen LogP contribution in [0, 0.1) is 17.0 Å². The highest BCUT2D eigenvalue weighted by molar-refractivity contribution is 7.22. The number of rotatable bonds is 4. The predicted octanol–water partition coefficient (Wildman–Crippen LogP) is 8.11. The van der Waals surface area contributed by atoms with E-state index in [9.17, 15) is 18.7 Å². The van der Waals surface area contributed by atoms with E-state index in [1.807, 2.05) is 17.0 Å². The van der Waals surface area contributed by atoms with Crippen LogP contribution in [0.25, 0.3) is 10.2 Å². The first-order valence-electron chi connectivity index (χ1n) is 13.9. The van der Waals surface area contributed by atoms with E-state index in [1.54, 1.807) is 18.2 Å². The third-order valence-corrected chi connectivity index (χ3v) is 9.26. The Morgan fingerprint density at radius 1 is 1.12 bits per heavy atom. The van der Waals surface area contributed by atoms with Crippen LogP contribution in [-0.4, -0.2) is 47.2 Å². The first-order valence-corrected chi connectivity index (χ1v) is 15.1. The molecule has 0 saturated carbocycles. The van der Waals surface area contributed by atoms with Crippen LogP contribution in [0.5, 0.6) is 5.75 Å². The molecule has 0 aliphatic carbocycles. The fraction of sp³-hybridized carbons (Fsp3) is 0.355. The number of hydrogen-bond donors (Lipinski definition) is 3. The molecule has 1 spiro atoms. The highest BCUT2D eigenvalue weighted by Crippen LogP contribution is 2.57. The van der Waals surface area contributed by atoms with Crippen LogP contribution >= 0.6 is 22.9 Å². The number of carbonyl (C=O) groups excluding carboxylic acids is 1. The predicted molar refractivity (Wildman–Crippen MR) is 166 cm³/mol. The van der Waals surface area contributed by atoms with Crippen LogP contribution in [0.15, 0.2) is 48.5 Å². The molecule has 3 N–H and O–H groups in total. The molecule has 220 valence electrons. The third kappa shape index (κ3) is 5.39. The van der Waals surface area contributed by atoms with Gasteiger partial charge in [0, 0.05) is 30.1 Å². The summed E-state index contributed by atoms with van der Waals surface area (Å²) < 4.78 is 29.2. The summed E-state index contributed by atoms with van der Waals surface area (Å²) in [6.07, 6.45) is 1.51. The van der Waals surface area contributed by atoms with Crippen molar-refractivity contribution in [2.24, 2.45) is 5.41 Å². The molecule has 2 aliphatic heterocycles. The van der Waals surface area contributed by atoms with Crippen LogP contribution < -0.4 is 15.5 Å². The molecule has 11 heteroatoms. The molecule has 7 nitrogen and oxygen atoms in total. The van der Waals surface area contributed by atoms with Gasteiger partial charge in [0.2, 0.25) is 0 Å². The highest BCUT2D eigenvalue weighted by atomic mass is 35.5. The lowest BCUT2D eigenvalue weighted by Gasteiger charge is -2.42. The van der Waals surface area contributed by atoms with Gasteiger partial charge in [-0.25, -0.2) is 18.6 Å². The summed E-state index contributed by atoms with van der Waals surface area (Å²) >= 11 is 7.82. The molecule has 0 bridgehead atoms. The summed E-state index contributed by atoms with van der Waals surface area (Å²) in [5.74, 6) is -1.21. The second kappa shape index (κ2) is 10.7. The Labute approximate surface area is 252 Å². The average Bonchev–Trinajstić information content (AvgIpc) is 3.46. The second-order valence-corrected chi connectivity index (χ2v) is 13.8.